The van der Waals surface area contributed by atoms with Crippen molar-refractivity contribution in [3.63, 3.8) is 0 Å². The Balaban J connectivity index is 2.16. The number of nitrogens with one attached hydrogen (secondary N) is 1. The van der Waals surface area contributed by atoms with Gasteiger partial charge in [0.05, 0.1) is 11.0 Å². The van der Waals surface area contributed by atoms with Crippen molar-refractivity contribution in [2.24, 2.45) is 0 Å². The molecule has 102 valence electrons. The smallest absolute Gasteiger partial charge is 0.354 e. The van der Waals surface area contributed by atoms with Gasteiger partial charge in [-0.3, -0.25) is 10.1 Å². The van der Waals surface area contributed by atoms with Crippen LogP contribution in [0.4, 0.5) is 11.5 Å². The summed E-state index contributed by atoms with van der Waals surface area (Å²) in [6.07, 6.45) is 1.81. The maximum absolute atomic E-state index is 10.8. The molecule has 1 aliphatic heterocycles. The second kappa shape index (κ2) is 5.61. The summed E-state index contributed by atoms with van der Waals surface area (Å²) in [4.78, 5) is 24.8. The Morgan fingerprint density at radius 2 is 2.42 bits per heavy atom. The average molecular weight is 267 g/mol. The number of carbonyl (C=O) groups is 1. The Hall–Kier alpha value is -2.22. The number of nitrogens with zero attached hydrogens (tertiary/aromatic N) is 2. The Bertz CT molecular complexity index is 499. The van der Waals surface area contributed by atoms with Crippen LogP contribution in [0.1, 0.15) is 23.3 Å². The van der Waals surface area contributed by atoms with Gasteiger partial charge in [0.1, 0.15) is 0 Å². The maximum Gasteiger partial charge on any atom is 0.354 e. The third kappa shape index (κ3) is 3.16. The second-order valence-electron chi connectivity index (χ2n) is 4.14. The first kappa shape index (κ1) is 13.2. The molecule has 8 heteroatoms. The topological polar surface area (TPSA) is 115 Å². The minimum Gasteiger partial charge on any atom is -0.477 e. The van der Waals surface area contributed by atoms with Crippen LogP contribution in [0.2, 0.25) is 0 Å². The second-order valence-corrected chi connectivity index (χ2v) is 4.14. The molecule has 2 N–H and O–H groups in total. The SMILES string of the molecule is O=C(O)c1ccc([N+](=O)[O-])c(NCC2CCCO2)n1. The lowest BCUT2D eigenvalue weighted by atomic mass is 10.2. The highest BCUT2D eigenvalue weighted by molar-refractivity contribution is 5.86. The minimum absolute atomic E-state index is 0.0186. The lowest BCUT2D eigenvalue weighted by Gasteiger charge is -2.11. The third-order valence-electron chi connectivity index (χ3n) is 2.81. The molecule has 1 saturated heterocycles. The number of pyridine rings is 1. The number of hydrogen-bond donors (Lipinski definition) is 2. The normalized spacial score (nSPS) is 18.2. The number of ether oxygens (including phenoxy) is 1. The van der Waals surface area contributed by atoms with Crippen LogP contribution in [0.5, 0.6) is 0 Å². The molecule has 0 aliphatic carbocycles. The molecule has 1 unspecified atom stereocenters. The zero-order valence-corrected chi connectivity index (χ0v) is 10.0. The van der Waals surface area contributed by atoms with E-state index in [1.807, 2.05) is 0 Å². The quantitative estimate of drug-likeness (QED) is 0.609. The van der Waals surface area contributed by atoms with Crippen LogP contribution in [0.3, 0.4) is 0 Å². The van der Waals surface area contributed by atoms with Gasteiger partial charge >= 0.3 is 11.7 Å². The van der Waals surface area contributed by atoms with Crippen LogP contribution >= 0.6 is 0 Å². The molecule has 1 aliphatic rings. The Morgan fingerprint density at radius 3 is 3.00 bits per heavy atom. The highest BCUT2D eigenvalue weighted by Crippen LogP contribution is 2.23. The molecule has 0 radical (unpaired) electrons. The van der Waals surface area contributed by atoms with Crippen molar-refractivity contribution in [2.45, 2.75) is 18.9 Å². The van der Waals surface area contributed by atoms with Gasteiger partial charge < -0.3 is 15.2 Å². The van der Waals surface area contributed by atoms with E-state index in [4.69, 9.17) is 9.84 Å². The van der Waals surface area contributed by atoms with E-state index in [2.05, 4.69) is 10.3 Å². The molecule has 1 aromatic rings. The molecule has 8 nitrogen and oxygen atoms in total. The molecule has 2 heterocycles. The molecule has 1 atom stereocenters. The van der Waals surface area contributed by atoms with Crippen molar-refractivity contribution in [2.75, 3.05) is 18.5 Å². The van der Waals surface area contributed by atoms with Gasteiger partial charge in [0, 0.05) is 19.2 Å². The summed E-state index contributed by atoms with van der Waals surface area (Å²) in [5.41, 5.74) is -0.483. The summed E-state index contributed by atoms with van der Waals surface area (Å²) in [6, 6.07) is 2.24. The van der Waals surface area contributed by atoms with Crippen LogP contribution in [0.15, 0.2) is 12.1 Å². The number of aromatic nitrogens is 1. The highest BCUT2D eigenvalue weighted by atomic mass is 16.6. The van der Waals surface area contributed by atoms with E-state index in [0.717, 1.165) is 25.0 Å². The van der Waals surface area contributed by atoms with Crippen molar-refractivity contribution in [3.8, 4) is 0 Å². The Kier molecular flexibility index (Phi) is 3.91. The molecule has 1 aromatic heterocycles. The van der Waals surface area contributed by atoms with Gasteiger partial charge in [0.25, 0.3) is 0 Å². The number of carboxylic acids is 1. The number of carboxylic acid groups (broad SMARTS) is 1. The van der Waals surface area contributed by atoms with Crippen molar-refractivity contribution in [1.82, 2.24) is 4.98 Å². The fourth-order valence-corrected chi connectivity index (χ4v) is 1.86. The van der Waals surface area contributed by atoms with E-state index >= 15 is 0 Å². The van der Waals surface area contributed by atoms with E-state index in [-0.39, 0.29) is 23.3 Å². The predicted octanol–water partition coefficient (Wildman–Crippen LogP) is 1.28. The average Bonchev–Trinajstić information content (AvgIpc) is 2.88. The molecular weight excluding hydrogens is 254 g/mol. The van der Waals surface area contributed by atoms with Crippen molar-refractivity contribution in [1.29, 1.82) is 0 Å². The van der Waals surface area contributed by atoms with Gasteiger partial charge in [-0.15, -0.1) is 0 Å². The van der Waals surface area contributed by atoms with Gasteiger partial charge in [0.15, 0.2) is 5.69 Å². The van der Waals surface area contributed by atoms with Crippen LogP contribution in [0.25, 0.3) is 0 Å². The summed E-state index contributed by atoms with van der Waals surface area (Å²) in [5.74, 6) is -1.27. The Labute approximate surface area is 108 Å². The molecule has 0 saturated carbocycles. The number of anilines is 1. The standard InChI is InChI=1S/C11H13N3O5/c15-11(16)8-3-4-9(14(17)18)10(13-8)12-6-7-2-1-5-19-7/h3-4,7H,1-2,5-6H2,(H,12,13)(H,15,16). The molecule has 0 aromatic carbocycles. The number of rotatable bonds is 5. The first-order valence-corrected chi connectivity index (χ1v) is 5.82. The number of nitro groups is 1. The third-order valence-corrected chi connectivity index (χ3v) is 2.81. The summed E-state index contributed by atoms with van der Waals surface area (Å²) in [7, 11) is 0. The van der Waals surface area contributed by atoms with Crippen molar-refractivity contribution >= 4 is 17.5 Å². The monoisotopic (exact) mass is 267 g/mol. The van der Waals surface area contributed by atoms with Gasteiger partial charge in [-0.1, -0.05) is 0 Å². The van der Waals surface area contributed by atoms with E-state index in [0.29, 0.717) is 13.2 Å². The van der Waals surface area contributed by atoms with Gasteiger partial charge in [-0.25, -0.2) is 9.78 Å². The molecule has 0 amide bonds. The minimum atomic E-state index is -1.23. The van der Waals surface area contributed by atoms with Crippen molar-refractivity contribution in [3.05, 3.63) is 27.9 Å². The molecule has 19 heavy (non-hydrogen) atoms. The van der Waals surface area contributed by atoms with E-state index in [1.54, 1.807) is 0 Å². The van der Waals surface area contributed by atoms with Gasteiger partial charge in [-0.2, -0.15) is 0 Å². The van der Waals surface area contributed by atoms with E-state index in [9.17, 15) is 14.9 Å². The Morgan fingerprint density at radius 1 is 1.63 bits per heavy atom. The fraction of sp³-hybridized carbons (Fsp3) is 0.455. The summed E-state index contributed by atoms with van der Waals surface area (Å²) in [5, 5.41) is 22.5. The summed E-state index contributed by atoms with van der Waals surface area (Å²) >= 11 is 0. The zero-order chi connectivity index (χ0) is 13.8. The first-order chi connectivity index (χ1) is 9.08. The van der Waals surface area contributed by atoms with Crippen LogP contribution in [-0.4, -0.2) is 40.2 Å². The maximum atomic E-state index is 10.8. The van der Waals surface area contributed by atoms with E-state index < -0.39 is 10.9 Å². The summed E-state index contributed by atoms with van der Waals surface area (Å²) in [6.45, 7) is 1.05. The van der Waals surface area contributed by atoms with Crippen LogP contribution in [-0.2, 0) is 4.74 Å². The molecule has 1 fully saturated rings. The van der Waals surface area contributed by atoms with Gasteiger partial charge in [-0.05, 0) is 18.9 Å². The van der Waals surface area contributed by atoms with Gasteiger partial charge in [0.2, 0.25) is 5.82 Å². The lowest BCUT2D eigenvalue weighted by Crippen LogP contribution is -2.20. The zero-order valence-electron chi connectivity index (χ0n) is 10.0. The molecular formula is C11H13N3O5. The number of hydrogen-bond acceptors (Lipinski definition) is 6. The largest absolute Gasteiger partial charge is 0.477 e. The molecule has 2 rings (SSSR count). The molecule has 0 spiro atoms. The number of aromatic carboxylic acids is 1. The van der Waals surface area contributed by atoms with Crippen molar-refractivity contribution < 1.29 is 19.6 Å². The first-order valence-electron chi connectivity index (χ1n) is 5.82. The van der Waals surface area contributed by atoms with Crippen LogP contribution in [0, 0.1) is 10.1 Å². The summed E-state index contributed by atoms with van der Waals surface area (Å²) < 4.78 is 5.38. The van der Waals surface area contributed by atoms with E-state index in [1.165, 1.54) is 0 Å². The predicted molar refractivity (Wildman–Crippen MR) is 65.3 cm³/mol. The van der Waals surface area contributed by atoms with Crippen LogP contribution < -0.4 is 5.32 Å². The highest BCUT2D eigenvalue weighted by Gasteiger charge is 2.21. The fourth-order valence-electron chi connectivity index (χ4n) is 1.86. The molecule has 0 bridgehead atoms. The lowest BCUT2D eigenvalue weighted by molar-refractivity contribution is -0.384.